The lowest BCUT2D eigenvalue weighted by atomic mass is 9.88. The van der Waals surface area contributed by atoms with Crippen LogP contribution in [0.2, 0.25) is 0 Å². The van der Waals surface area contributed by atoms with Gasteiger partial charge in [0.05, 0.1) is 0 Å². The topological polar surface area (TPSA) is 43.1 Å². The summed E-state index contributed by atoms with van der Waals surface area (Å²) in [6.07, 6.45) is 10.1. The number of halogens is 1. The second-order valence-corrected chi connectivity index (χ2v) is 5.66. The van der Waals surface area contributed by atoms with E-state index in [1.54, 1.807) is 0 Å². The van der Waals surface area contributed by atoms with Gasteiger partial charge in [-0.05, 0) is 25.2 Å². The Bertz CT molecular complexity index is 209. The monoisotopic (exact) mass is 275 g/mol. The predicted molar refractivity (Wildman–Crippen MR) is 79.8 cm³/mol. The molecular weight excluding hydrogens is 246 g/mol. The molecule has 0 aliphatic rings. The van der Waals surface area contributed by atoms with E-state index in [-0.39, 0.29) is 11.8 Å². The van der Waals surface area contributed by atoms with Crippen LogP contribution in [-0.2, 0) is 4.79 Å². The predicted octanol–water partition coefficient (Wildman–Crippen LogP) is 4.49. The van der Waals surface area contributed by atoms with Crippen molar-refractivity contribution in [2.75, 3.05) is 5.88 Å². The number of primary amides is 1. The molecule has 0 bridgehead atoms. The van der Waals surface area contributed by atoms with E-state index in [9.17, 15) is 4.79 Å². The van der Waals surface area contributed by atoms with Gasteiger partial charge in [0.1, 0.15) is 0 Å². The van der Waals surface area contributed by atoms with Crippen molar-refractivity contribution in [3.63, 3.8) is 0 Å². The fourth-order valence-corrected chi connectivity index (χ4v) is 2.64. The molecule has 2 N–H and O–H groups in total. The van der Waals surface area contributed by atoms with Gasteiger partial charge in [-0.1, -0.05) is 52.4 Å². The maximum Gasteiger partial charge on any atom is 0.220 e. The molecule has 0 fully saturated rings. The lowest BCUT2D eigenvalue weighted by Gasteiger charge is -2.19. The molecule has 18 heavy (non-hydrogen) atoms. The van der Waals surface area contributed by atoms with Gasteiger partial charge >= 0.3 is 0 Å². The molecule has 0 spiro atoms. The lowest BCUT2D eigenvalue weighted by molar-refractivity contribution is -0.122. The number of carbonyl (C=O) groups is 1. The third-order valence-electron chi connectivity index (χ3n) is 3.61. The Labute approximate surface area is 118 Å². The number of nitrogens with two attached hydrogens (primary N) is 1. The Morgan fingerprint density at radius 2 is 1.61 bits per heavy atom. The average molecular weight is 276 g/mol. The van der Waals surface area contributed by atoms with Gasteiger partial charge in [0.2, 0.25) is 5.91 Å². The van der Waals surface area contributed by atoms with Crippen LogP contribution in [0, 0.1) is 11.8 Å². The highest BCUT2D eigenvalue weighted by atomic mass is 35.5. The molecule has 0 aromatic rings. The maximum atomic E-state index is 11.5. The van der Waals surface area contributed by atoms with Gasteiger partial charge in [0.25, 0.3) is 0 Å². The van der Waals surface area contributed by atoms with Crippen LogP contribution in [-0.4, -0.2) is 11.8 Å². The van der Waals surface area contributed by atoms with Crippen molar-refractivity contribution in [2.45, 2.75) is 71.6 Å². The molecule has 2 nitrogen and oxygen atoms in total. The third-order valence-corrected chi connectivity index (χ3v) is 4.05. The van der Waals surface area contributed by atoms with Gasteiger partial charge in [0, 0.05) is 11.8 Å². The first-order valence-corrected chi connectivity index (χ1v) is 8.04. The molecule has 0 aromatic carbocycles. The number of hydrogen-bond donors (Lipinski definition) is 1. The number of rotatable bonds is 12. The van der Waals surface area contributed by atoms with Crippen LogP contribution in [0.3, 0.4) is 0 Å². The molecule has 108 valence electrons. The molecule has 0 aromatic heterocycles. The highest BCUT2D eigenvalue weighted by Gasteiger charge is 2.20. The summed E-state index contributed by atoms with van der Waals surface area (Å²) in [6, 6.07) is 0. The first-order valence-electron chi connectivity index (χ1n) is 7.50. The van der Waals surface area contributed by atoms with E-state index in [1.165, 1.54) is 32.1 Å². The van der Waals surface area contributed by atoms with E-state index >= 15 is 0 Å². The smallest absolute Gasteiger partial charge is 0.220 e. The first-order chi connectivity index (χ1) is 8.65. The largest absolute Gasteiger partial charge is 0.369 e. The van der Waals surface area contributed by atoms with Crippen LogP contribution in [0.4, 0.5) is 0 Å². The zero-order chi connectivity index (χ0) is 13.8. The van der Waals surface area contributed by atoms with E-state index in [1.807, 2.05) is 0 Å². The molecule has 0 aliphatic heterocycles. The molecule has 0 saturated heterocycles. The van der Waals surface area contributed by atoms with Crippen LogP contribution >= 0.6 is 11.6 Å². The minimum absolute atomic E-state index is 0.0296. The summed E-state index contributed by atoms with van der Waals surface area (Å²) in [6.45, 7) is 4.37. The summed E-state index contributed by atoms with van der Waals surface area (Å²) in [5, 5.41) is 0. The Morgan fingerprint density at radius 1 is 1.06 bits per heavy atom. The molecule has 2 atom stereocenters. The second-order valence-electron chi connectivity index (χ2n) is 5.35. The highest BCUT2D eigenvalue weighted by molar-refractivity contribution is 6.18. The summed E-state index contributed by atoms with van der Waals surface area (Å²) < 4.78 is 0. The molecule has 0 rings (SSSR count). The standard InChI is InChI=1S/C15H30ClNO/c1-3-5-7-9-13(12-16)11-14(15(17)18)10-8-6-4-2/h13-14H,3-12H2,1-2H3,(H2,17,18)/t13-,14?/m0/s1. The SMILES string of the molecule is CCCCCC(C[C@@H](CCl)CCCCC)C(N)=O. The van der Waals surface area contributed by atoms with Gasteiger partial charge in [-0.15, -0.1) is 11.6 Å². The van der Waals surface area contributed by atoms with Crippen molar-refractivity contribution in [3.05, 3.63) is 0 Å². The van der Waals surface area contributed by atoms with E-state index in [0.717, 1.165) is 25.7 Å². The molecule has 0 aliphatic carbocycles. The minimum Gasteiger partial charge on any atom is -0.369 e. The summed E-state index contributed by atoms with van der Waals surface area (Å²) >= 11 is 6.00. The van der Waals surface area contributed by atoms with Crippen LogP contribution in [0.1, 0.15) is 71.6 Å². The Kier molecular flexibility index (Phi) is 11.7. The quantitative estimate of drug-likeness (QED) is 0.414. The number of carbonyl (C=O) groups excluding carboxylic acids is 1. The Balaban J connectivity index is 4.04. The van der Waals surface area contributed by atoms with Crippen molar-refractivity contribution < 1.29 is 4.79 Å². The molecule has 0 heterocycles. The van der Waals surface area contributed by atoms with E-state index in [4.69, 9.17) is 17.3 Å². The van der Waals surface area contributed by atoms with Crippen molar-refractivity contribution in [3.8, 4) is 0 Å². The summed E-state index contributed by atoms with van der Waals surface area (Å²) in [5.74, 6) is 0.998. The molecule has 3 heteroatoms. The summed E-state index contributed by atoms with van der Waals surface area (Å²) in [4.78, 5) is 11.5. The van der Waals surface area contributed by atoms with Crippen molar-refractivity contribution in [1.29, 1.82) is 0 Å². The number of alkyl halides is 1. The summed E-state index contributed by atoms with van der Waals surface area (Å²) in [5.41, 5.74) is 5.49. The lowest BCUT2D eigenvalue weighted by Crippen LogP contribution is -2.26. The van der Waals surface area contributed by atoms with E-state index in [2.05, 4.69) is 13.8 Å². The van der Waals surface area contributed by atoms with Crippen molar-refractivity contribution in [1.82, 2.24) is 0 Å². The third kappa shape index (κ3) is 8.79. The van der Waals surface area contributed by atoms with E-state index < -0.39 is 0 Å². The van der Waals surface area contributed by atoms with Crippen LogP contribution in [0.25, 0.3) is 0 Å². The van der Waals surface area contributed by atoms with Gasteiger partial charge < -0.3 is 5.73 Å². The fourth-order valence-electron chi connectivity index (χ4n) is 2.36. The molecule has 1 unspecified atom stereocenters. The zero-order valence-corrected chi connectivity index (χ0v) is 12.8. The number of amides is 1. The van der Waals surface area contributed by atoms with Crippen LogP contribution < -0.4 is 5.73 Å². The molecule has 1 amide bonds. The van der Waals surface area contributed by atoms with Gasteiger partial charge in [-0.25, -0.2) is 0 Å². The van der Waals surface area contributed by atoms with Gasteiger partial charge in [-0.3, -0.25) is 4.79 Å². The minimum atomic E-state index is -0.142. The van der Waals surface area contributed by atoms with Crippen molar-refractivity contribution >= 4 is 17.5 Å². The van der Waals surface area contributed by atoms with Gasteiger partial charge in [-0.2, -0.15) is 0 Å². The Hall–Kier alpha value is -0.240. The fraction of sp³-hybridized carbons (Fsp3) is 0.933. The second kappa shape index (κ2) is 11.8. The van der Waals surface area contributed by atoms with Crippen LogP contribution in [0.5, 0.6) is 0 Å². The Morgan fingerprint density at radius 3 is 2.06 bits per heavy atom. The zero-order valence-electron chi connectivity index (χ0n) is 12.1. The van der Waals surface area contributed by atoms with Crippen molar-refractivity contribution in [2.24, 2.45) is 17.6 Å². The first kappa shape index (κ1) is 17.8. The highest BCUT2D eigenvalue weighted by Crippen LogP contribution is 2.24. The van der Waals surface area contributed by atoms with Crippen LogP contribution in [0.15, 0.2) is 0 Å². The maximum absolute atomic E-state index is 11.5. The summed E-state index contributed by atoms with van der Waals surface area (Å²) in [7, 11) is 0. The normalized spacial score (nSPS) is 14.4. The average Bonchev–Trinajstić information content (AvgIpc) is 2.35. The molecule has 0 saturated carbocycles. The number of hydrogen-bond acceptors (Lipinski definition) is 1. The van der Waals surface area contributed by atoms with E-state index in [0.29, 0.717) is 11.8 Å². The molecule has 0 radical (unpaired) electrons. The number of unbranched alkanes of at least 4 members (excludes halogenated alkanes) is 4. The molecular formula is C15H30ClNO. The van der Waals surface area contributed by atoms with Gasteiger partial charge in [0.15, 0.2) is 0 Å².